The zero-order chi connectivity index (χ0) is 18.0. The molecule has 5 heteroatoms. The number of nitrogens with one attached hydrogen (secondary N) is 1. The van der Waals surface area contributed by atoms with Gasteiger partial charge >= 0.3 is 0 Å². The molecule has 0 bridgehead atoms. The van der Waals surface area contributed by atoms with E-state index in [0.29, 0.717) is 12.1 Å². The monoisotopic (exact) mass is 337 g/mol. The van der Waals surface area contributed by atoms with Gasteiger partial charge in [-0.2, -0.15) is 0 Å². The molecule has 0 saturated heterocycles. The molecule has 0 aliphatic carbocycles. The first kappa shape index (κ1) is 17.2. The summed E-state index contributed by atoms with van der Waals surface area (Å²) in [6.07, 6.45) is 4.87. The zero-order valence-electron chi connectivity index (χ0n) is 14.8. The van der Waals surface area contributed by atoms with Crippen LogP contribution in [0.1, 0.15) is 41.9 Å². The summed E-state index contributed by atoms with van der Waals surface area (Å²) in [5, 5.41) is 12.8. The Balaban J connectivity index is 1.81. The number of carbonyl (C=O) groups excluding carboxylic acids is 1. The Kier molecular flexibility index (Phi) is 4.59. The molecule has 0 fully saturated rings. The largest absolute Gasteiger partial charge is 0.390 e. The minimum Gasteiger partial charge on any atom is -0.390 e. The minimum absolute atomic E-state index is 0.189. The number of hydrogen-bond acceptors (Lipinski definition) is 3. The maximum atomic E-state index is 12.6. The van der Waals surface area contributed by atoms with E-state index in [4.69, 9.17) is 0 Å². The average Bonchev–Trinajstić information content (AvgIpc) is 2.97. The second-order valence-corrected chi connectivity index (χ2v) is 6.99. The van der Waals surface area contributed by atoms with E-state index >= 15 is 0 Å². The average molecular weight is 337 g/mol. The Bertz CT molecular complexity index is 907. The van der Waals surface area contributed by atoms with Crippen molar-refractivity contribution in [3.8, 4) is 0 Å². The number of amides is 1. The zero-order valence-corrected chi connectivity index (χ0v) is 14.8. The topological polar surface area (TPSA) is 66.6 Å². The van der Waals surface area contributed by atoms with Crippen molar-refractivity contribution < 1.29 is 9.90 Å². The van der Waals surface area contributed by atoms with Crippen molar-refractivity contribution in [2.45, 2.75) is 39.2 Å². The fourth-order valence-electron chi connectivity index (χ4n) is 2.70. The molecule has 0 radical (unpaired) electrons. The van der Waals surface area contributed by atoms with Crippen LogP contribution in [0.5, 0.6) is 0 Å². The molecule has 2 aromatic heterocycles. The van der Waals surface area contributed by atoms with Gasteiger partial charge in [-0.25, -0.2) is 4.98 Å². The maximum absolute atomic E-state index is 12.6. The first-order valence-electron chi connectivity index (χ1n) is 8.39. The Morgan fingerprint density at radius 3 is 2.76 bits per heavy atom. The molecule has 25 heavy (non-hydrogen) atoms. The molecule has 130 valence electrons. The van der Waals surface area contributed by atoms with Crippen molar-refractivity contribution in [2.24, 2.45) is 0 Å². The number of para-hydroxylation sites is 1. The van der Waals surface area contributed by atoms with Gasteiger partial charge in [-0.1, -0.05) is 18.2 Å². The number of aryl methyl sites for hydroxylation is 2. The number of nitrogens with zero attached hydrogens (tertiary/aromatic N) is 2. The molecule has 0 unspecified atom stereocenters. The van der Waals surface area contributed by atoms with E-state index in [2.05, 4.69) is 10.3 Å². The Labute approximate surface area is 147 Å². The Morgan fingerprint density at radius 2 is 2.04 bits per heavy atom. The van der Waals surface area contributed by atoms with Crippen LogP contribution in [-0.2, 0) is 6.42 Å². The van der Waals surface area contributed by atoms with Gasteiger partial charge in [0.2, 0.25) is 0 Å². The number of hydrogen-bond donors (Lipinski definition) is 2. The predicted octanol–water partition coefficient (Wildman–Crippen LogP) is 3.60. The highest BCUT2D eigenvalue weighted by Gasteiger charge is 2.15. The van der Waals surface area contributed by atoms with Crippen LogP contribution in [0.3, 0.4) is 0 Å². The lowest BCUT2D eigenvalue weighted by Crippen LogP contribution is -2.19. The molecule has 5 nitrogen and oxygen atoms in total. The number of aliphatic hydroxyl groups is 1. The minimum atomic E-state index is -0.694. The van der Waals surface area contributed by atoms with Crippen LogP contribution in [0.15, 0.2) is 48.8 Å². The van der Waals surface area contributed by atoms with Crippen molar-refractivity contribution in [1.29, 1.82) is 0 Å². The van der Waals surface area contributed by atoms with E-state index in [0.717, 1.165) is 28.9 Å². The summed E-state index contributed by atoms with van der Waals surface area (Å²) < 4.78 is 1.78. The number of rotatable bonds is 5. The first-order chi connectivity index (χ1) is 11.8. The van der Waals surface area contributed by atoms with Gasteiger partial charge in [0.1, 0.15) is 11.3 Å². The van der Waals surface area contributed by atoms with Gasteiger partial charge in [0.05, 0.1) is 11.8 Å². The summed E-state index contributed by atoms with van der Waals surface area (Å²) in [5.74, 6) is -0.189. The number of anilines is 1. The molecule has 0 atom stereocenters. The van der Waals surface area contributed by atoms with Crippen LogP contribution in [0.25, 0.3) is 5.65 Å². The lowest BCUT2D eigenvalue weighted by Gasteiger charge is -2.16. The van der Waals surface area contributed by atoms with Gasteiger partial charge < -0.3 is 10.4 Å². The summed E-state index contributed by atoms with van der Waals surface area (Å²) >= 11 is 0. The van der Waals surface area contributed by atoms with Gasteiger partial charge in [-0.15, -0.1) is 0 Å². The second-order valence-electron chi connectivity index (χ2n) is 6.99. The van der Waals surface area contributed by atoms with Crippen molar-refractivity contribution in [3.05, 3.63) is 65.6 Å². The lowest BCUT2D eigenvalue weighted by molar-refractivity contribution is 0.0714. The van der Waals surface area contributed by atoms with Crippen LogP contribution >= 0.6 is 0 Å². The molecule has 3 aromatic rings. The van der Waals surface area contributed by atoms with Gasteiger partial charge in [0.15, 0.2) is 0 Å². The van der Waals surface area contributed by atoms with Crippen LogP contribution in [-0.4, -0.2) is 26.0 Å². The van der Waals surface area contributed by atoms with Crippen molar-refractivity contribution in [3.63, 3.8) is 0 Å². The molecule has 0 aliphatic heterocycles. The second kappa shape index (κ2) is 6.69. The smallest absolute Gasteiger partial charge is 0.274 e. The molecule has 0 saturated carbocycles. The fourth-order valence-corrected chi connectivity index (χ4v) is 2.70. The van der Waals surface area contributed by atoms with Crippen molar-refractivity contribution in [1.82, 2.24) is 9.38 Å². The van der Waals surface area contributed by atoms with Gasteiger partial charge in [-0.05, 0) is 62.9 Å². The fraction of sp³-hybridized carbons (Fsp3) is 0.300. The van der Waals surface area contributed by atoms with Crippen LogP contribution in [0, 0.1) is 6.92 Å². The summed E-state index contributed by atoms with van der Waals surface area (Å²) in [6, 6.07) is 11.6. The van der Waals surface area contributed by atoms with Crippen LogP contribution in [0.2, 0.25) is 0 Å². The molecular formula is C20H23N3O2. The van der Waals surface area contributed by atoms with E-state index in [-0.39, 0.29) is 5.91 Å². The molecule has 0 spiro atoms. The summed E-state index contributed by atoms with van der Waals surface area (Å²) in [7, 11) is 0. The highest BCUT2D eigenvalue weighted by molar-refractivity contribution is 6.03. The van der Waals surface area contributed by atoms with Gasteiger partial charge in [0.25, 0.3) is 5.91 Å². The van der Waals surface area contributed by atoms with Crippen LogP contribution in [0.4, 0.5) is 5.69 Å². The van der Waals surface area contributed by atoms with E-state index in [1.807, 2.05) is 49.5 Å². The Morgan fingerprint density at radius 1 is 1.28 bits per heavy atom. The Hall–Kier alpha value is -2.66. The summed E-state index contributed by atoms with van der Waals surface area (Å²) in [6.45, 7) is 5.56. The van der Waals surface area contributed by atoms with Crippen molar-refractivity contribution in [2.75, 3.05) is 5.32 Å². The maximum Gasteiger partial charge on any atom is 0.274 e. The predicted molar refractivity (Wildman–Crippen MR) is 98.9 cm³/mol. The molecule has 2 N–H and O–H groups in total. The van der Waals surface area contributed by atoms with Crippen molar-refractivity contribution >= 4 is 17.2 Å². The first-order valence-corrected chi connectivity index (χ1v) is 8.39. The normalized spacial score (nSPS) is 11.7. The summed E-state index contributed by atoms with van der Waals surface area (Å²) in [5.41, 5.74) is 3.42. The van der Waals surface area contributed by atoms with E-state index in [1.54, 1.807) is 24.4 Å². The third-order valence-corrected chi connectivity index (χ3v) is 4.23. The highest BCUT2D eigenvalue weighted by Crippen LogP contribution is 2.18. The van der Waals surface area contributed by atoms with Gasteiger partial charge in [0, 0.05) is 11.9 Å². The quantitative estimate of drug-likeness (QED) is 0.747. The molecular weight excluding hydrogens is 314 g/mol. The molecule has 1 aromatic carbocycles. The highest BCUT2D eigenvalue weighted by atomic mass is 16.3. The van der Waals surface area contributed by atoms with Gasteiger partial charge in [-0.3, -0.25) is 9.20 Å². The summed E-state index contributed by atoms with van der Waals surface area (Å²) in [4.78, 5) is 16.9. The molecule has 0 aliphatic rings. The number of pyridine rings is 1. The number of aromatic nitrogens is 2. The number of carbonyl (C=O) groups is 1. The van der Waals surface area contributed by atoms with Crippen LogP contribution < -0.4 is 5.32 Å². The van der Waals surface area contributed by atoms with E-state index in [9.17, 15) is 9.90 Å². The standard InChI is InChI=1S/C20H23N3O2/c1-14-6-4-5-7-16(14)22-19(24)17-13-21-18-12-15(9-11-23(17)18)8-10-20(2,3)25/h4-7,9,11-13,25H,8,10H2,1-3H3,(H,22,24). The number of fused-ring (bicyclic) bond motifs is 1. The molecule has 1 amide bonds. The SMILES string of the molecule is Cc1ccccc1NC(=O)c1cnc2cc(CCC(C)(C)O)ccn12. The lowest BCUT2D eigenvalue weighted by atomic mass is 9.99. The number of benzene rings is 1. The van der Waals surface area contributed by atoms with E-state index in [1.165, 1.54) is 0 Å². The third kappa shape index (κ3) is 4.06. The molecule has 3 rings (SSSR count). The third-order valence-electron chi connectivity index (χ3n) is 4.23. The number of imidazole rings is 1. The molecule has 2 heterocycles. The van der Waals surface area contributed by atoms with E-state index < -0.39 is 5.60 Å².